The Morgan fingerprint density at radius 3 is 1.00 bits per heavy atom. The first-order valence-corrected chi connectivity index (χ1v) is 28.2. The molecule has 336 valence electrons. The zero-order chi connectivity index (χ0) is 46.6. The van der Waals surface area contributed by atoms with Gasteiger partial charge in [0.2, 0.25) is 0 Å². The van der Waals surface area contributed by atoms with Crippen LogP contribution in [-0.2, 0) is 0 Å². The molecule has 1 aliphatic heterocycles. The van der Waals surface area contributed by atoms with Crippen LogP contribution in [0, 0.1) is 13.8 Å². The van der Waals surface area contributed by atoms with E-state index in [-0.39, 0.29) is 0 Å². The molecule has 5 aromatic rings. The molecule has 6 rings (SSSR count). The number of para-hydroxylation sites is 1. The topological polar surface area (TPSA) is 3.01 Å². The third kappa shape index (κ3) is 8.84. The van der Waals surface area contributed by atoms with Crippen molar-refractivity contribution in [3.8, 4) is 0 Å². The number of hydrogen-bond donors (Lipinski definition) is 0. The fourth-order valence-electron chi connectivity index (χ4n) is 10.5. The van der Waals surface area contributed by atoms with E-state index in [0.717, 1.165) is 0 Å². The number of hydrogen-bond acceptors (Lipinski definition) is 1. The maximum absolute atomic E-state index is 3.08. The van der Waals surface area contributed by atoms with Crippen molar-refractivity contribution >= 4 is 48.0 Å². The molecular formula is C60H83NSi2. The summed E-state index contributed by atoms with van der Waals surface area (Å²) in [5.41, 5.74) is 18.0. The molecule has 0 bridgehead atoms. The molecule has 1 heterocycles. The summed E-state index contributed by atoms with van der Waals surface area (Å²) < 4.78 is 3.08. The molecular weight excluding hydrogens is 791 g/mol. The quantitative estimate of drug-likeness (QED) is 0.0793. The van der Waals surface area contributed by atoms with Crippen molar-refractivity contribution in [1.82, 2.24) is 0 Å². The standard InChI is InChI=1S/C60H83NSi2/c1-35(2)46-29-50(38(7)8)57(51(30-46)39(9)10)62(58-52(40(11)12)31-47(36(3)4)32-53(58)41(13)14)60-61(56-44(19)25-24-26-45(56)20)63(60,49-27-22-21-23-28-49)59-54(42(15)16)33-48(37(5)6)34-55(59)43(17)18/h21-43H,1-20H3. The fraction of sp³-hybridized carbons (Fsp3) is 0.483. The van der Waals surface area contributed by atoms with Gasteiger partial charge in [0, 0.05) is 10.6 Å². The van der Waals surface area contributed by atoms with Gasteiger partial charge in [0.1, 0.15) is 8.41 Å². The van der Waals surface area contributed by atoms with Crippen LogP contribution in [0.4, 0.5) is 5.69 Å². The summed E-state index contributed by atoms with van der Waals surface area (Å²) >= 11 is 0. The molecule has 5 aromatic carbocycles. The zero-order valence-corrected chi connectivity index (χ0v) is 45.2. The van der Waals surface area contributed by atoms with Crippen LogP contribution in [-0.4, -0.2) is 21.6 Å². The van der Waals surface area contributed by atoms with Gasteiger partial charge < -0.3 is 4.57 Å². The van der Waals surface area contributed by atoms with Gasteiger partial charge in [-0.2, -0.15) is 0 Å². The monoisotopic (exact) mass is 874 g/mol. The molecule has 0 saturated carbocycles. The molecule has 1 fully saturated rings. The van der Waals surface area contributed by atoms with Crippen molar-refractivity contribution < 1.29 is 0 Å². The van der Waals surface area contributed by atoms with E-state index in [1.807, 2.05) is 0 Å². The first kappa shape index (κ1) is 48.7. The Labute approximate surface area is 388 Å². The number of benzene rings is 5. The maximum atomic E-state index is 3.08. The molecule has 1 saturated heterocycles. The lowest BCUT2D eigenvalue weighted by molar-refractivity contribution is 0.810. The van der Waals surface area contributed by atoms with Crippen LogP contribution in [0.25, 0.3) is 0 Å². The first-order chi connectivity index (χ1) is 29.6. The predicted molar refractivity (Wildman–Crippen MR) is 286 cm³/mol. The summed E-state index contributed by atoms with van der Waals surface area (Å²) in [7, 11) is -4.70. The van der Waals surface area contributed by atoms with Gasteiger partial charge in [-0.05, 0) is 149 Å². The number of rotatable bonds is 14. The van der Waals surface area contributed by atoms with E-state index in [2.05, 4.69) is 228 Å². The largest absolute Gasteiger partial charge is 0.363 e. The van der Waals surface area contributed by atoms with E-state index in [9.17, 15) is 0 Å². The van der Waals surface area contributed by atoms with Gasteiger partial charge in [0.25, 0.3) is 8.24 Å². The molecule has 0 aromatic heterocycles. The summed E-state index contributed by atoms with van der Waals surface area (Å²) in [6.45, 7) is 48.8. The van der Waals surface area contributed by atoms with Crippen LogP contribution in [0.1, 0.15) is 239 Å². The molecule has 3 heteroatoms. The molecule has 0 N–H and O–H groups in total. The molecule has 1 nitrogen and oxygen atoms in total. The average Bonchev–Trinajstić information content (AvgIpc) is 3.88. The third-order valence-corrected chi connectivity index (χ3v) is 23.4. The molecule has 63 heavy (non-hydrogen) atoms. The number of nitrogens with zero attached hydrogens (tertiary/aromatic N) is 1. The lowest BCUT2D eigenvalue weighted by Gasteiger charge is -2.30. The number of aryl methyl sites for hydroxylation is 2. The zero-order valence-electron chi connectivity index (χ0n) is 43.2. The highest BCUT2D eigenvalue weighted by atomic mass is 28.4. The van der Waals surface area contributed by atoms with Gasteiger partial charge in [0.15, 0.2) is 0 Å². The van der Waals surface area contributed by atoms with E-state index < -0.39 is 16.6 Å². The normalized spacial score (nSPS) is 15.6. The summed E-state index contributed by atoms with van der Waals surface area (Å²) in [6.07, 6.45) is 0. The van der Waals surface area contributed by atoms with Crippen LogP contribution in [0.2, 0.25) is 0 Å². The highest BCUT2D eigenvalue weighted by Crippen LogP contribution is 2.45. The van der Waals surface area contributed by atoms with Gasteiger partial charge in [0.05, 0.1) is 0 Å². The van der Waals surface area contributed by atoms with Crippen molar-refractivity contribution in [2.75, 3.05) is 4.57 Å². The fourth-order valence-corrected chi connectivity index (χ4v) is 23.3. The predicted octanol–water partition coefficient (Wildman–Crippen LogP) is 14.6. The minimum Gasteiger partial charge on any atom is -0.363 e. The molecule has 0 amide bonds. The van der Waals surface area contributed by atoms with E-state index in [1.54, 1.807) is 53.9 Å². The Balaban J connectivity index is 2.10. The minimum absolute atomic E-state index is 0.368. The van der Waals surface area contributed by atoms with Crippen LogP contribution in [0.5, 0.6) is 0 Å². The van der Waals surface area contributed by atoms with Crippen LogP contribution < -0.4 is 25.3 Å². The van der Waals surface area contributed by atoms with Crippen molar-refractivity contribution in [2.24, 2.45) is 0 Å². The van der Waals surface area contributed by atoms with Gasteiger partial charge in [-0.25, -0.2) is 0 Å². The van der Waals surface area contributed by atoms with E-state index >= 15 is 0 Å². The van der Waals surface area contributed by atoms with Gasteiger partial charge >= 0.3 is 0 Å². The minimum atomic E-state index is -2.98. The lowest BCUT2D eigenvalue weighted by Crippen LogP contribution is -2.57. The van der Waals surface area contributed by atoms with E-state index in [4.69, 9.17) is 0 Å². The smallest absolute Gasteiger partial charge is 0.268 e. The third-order valence-electron chi connectivity index (χ3n) is 14.2. The molecule has 1 unspecified atom stereocenters. The molecule has 0 aliphatic carbocycles. The second-order valence-corrected chi connectivity index (χ2v) is 28.1. The maximum Gasteiger partial charge on any atom is 0.268 e. The Bertz CT molecular complexity index is 2290. The Kier molecular flexibility index (Phi) is 14.6. The Morgan fingerprint density at radius 2 is 0.698 bits per heavy atom. The molecule has 0 spiro atoms. The molecule has 1 atom stereocenters. The second kappa shape index (κ2) is 19.0. The summed E-state index contributed by atoms with van der Waals surface area (Å²) in [4.78, 5) is 1.75. The molecule has 0 radical (unpaired) electrons. The Hall–Kier alpha value is -3.80. The number of anilines is 1. The van der Waals surface area contributed by atoms with Crippen molar-refractivity contribution in [2.45, 2.75) is 192 Å². The highest BCUT2D eigenvalue weighted by molar-refractivity contribution is 7.49. The van der Waals surface area contributed by atoms with Gasteiger partial charge in [-0.3, -0.25) is 0 Å². The first-order valence-electron chi connectivity index (χ1n) is 24.8. The summed E-state index contributed by atoms with van der Waals surface area (Å²) in [6, 6.07) is 35.0. The summed E-state index contributed by atoms with van der Waals surface area (Å²) in [5.74, 6) is 3.58. The summed E-state index contributed by atoms with van der Waals surface area (Å²) in [5, 5.41) is 6.53. The molecule has 1 aliphatic rings. The Morgan fingerprint density at radius 1 is 0.381 bits per heavy atom. The average molecular weight is 875 g/mol. The van der Waals surface area contributed by atoms with Gasteiger partial charge in [-0.1, -0.05) is 210 Å². The highest BCUT2D eigenvalue weighted by Gasteiger charge is 2.67. The van der Waals surface area contributed by atoms with Crippen molar-refractivity contribution in [1.29, 1.82) is 0 Å². The van der Waals surface area contributed by atoms with Crippen LogP contribution in [0.15, 0.2) is 84.9 Å². The SMILES string of the molecule is Cc1cccc(C)c1N1C(=[Si](c2c(C(C)C)cc(C(C)C)cc2C(C)C)c2c(C(C)C)cc(C(C)C)cc2C(C)C)[Si]1(c1ccccc1)c1c(C(C)C)cc(C(C)C)cc1C(C)C. The van der Waals surface area contributed by atoms with E-state index in [1.165, 1.54) is 38.7 Å². The lowest BCUT2D eigenvalue weighted by atomic mass is 9.89. The van der Waals surface area contributed by atoms with Crippen LogP contribution >= 0.6 is 0 Å². The van der Waals surface area contributed by atoms with Crippen molar-refractivity contribution in [3.05, 3.63) is 146 Å². The van der Waals surface area contributed by atoms with Gasteiger partial charge in [-0.15, -0.1) is 0 Å². The van der Waals surface area contributed by atoms with Crippen LogP contribution in [0.3, 0.4) is 0 Å². The van der Waals surface area contributed by atoms with Crippen molar-refractivity contribution in [3.63, 3.8) is 0 Å². The second-order valence-electron chi connectivity index (χ2n) is 22.0. The van der Waals surface area contributed by atoms with E-state index in [0.29, 0.717) is 53.3 Å².